The summed E-state index contributed by atoms with van der Waals surface area (Å²) in [6.07, 6.45) is 0.910. The lowest BCUT2D eigenvalue weighted by molar-refractivity contribution is 0.112. The molecule has 0 fully saturated rings. The highest BCUT2D eigenvalue weighted by Gasteiger charge is 2.08. The SMILES string of the molecule is Cc1cc(C)c(-c2csc(C=O)c2)c(C)c1. The number of aldehydes is 1. The lowest BCUT2D eigenvalue weighted by Crippen LogP contribution is -1.88. The van der Waals surface area contributed by atoms with Gasteiger partial charge in [-0.2, -0.15) is 0 Å². The van der Waals surface area contributed by atoms with Gasteiger partial charge in [0.05, 0.1) is 4.88 Å². The molecule has 1 heterocycles. The van der Waals surface area contributed by atoms with Gasteiger partial charge >= 0.3 is 0 Å². The maximum absolute atomic E-state index is 10.7. The van der Waals surface area contributed by atoms with Crippen LogP contribution in [0.25, 0.3) is 11.1 Å². The van der Waals surface area contributed by atoms with Crippen LogP contribution in [-0.2, 0) is 0 Å². The molecule has 0 radical (unpaired) electrons. The summed E-state index contributed by atoms with van der Waals surface area (Å²) in [6, 6.07) is 6.32. The van der Waals surface area contributed by atoms with Crippen molar-refractivity contribution in [2.24, 2.45) is 0 Å². The van der Waals surface area contributed by atoms with Gasteiger partial charge in [-0.3, -0.25) is 4.79 Å². The molecular formula is C14H14OS. The molecule has 2 heteroatoms. The van der Waals surface area contributed by atoms with Crippen LogP contribution in [0.5, 0.6) is 0 Å². The molecule has 0 saturated heterocycles. The van der Waals surface area contributed by atoms with Crippen LogP contribution in [0.2, 0.25) is 0 Å². The number of carbonyl (C=O) groups is 1. The molecule has 0 aliphatic heterocycles. The molecule has 1 nitrogen and oxygen atoms in total. The molecule has 0 aliphatic rings. The van der Waals surface area contributed by atoms with E-state index in [1.54, 1.807) is 0 Å². The lowest BCUT2D eigenvalue weighted by Gasteiger charge is -2.09. The Hall–Kier alpha value is -1.41. The van der Waals surface area contributed by atoms with E-state index in [2.05, 4.69) is 38.3 Å². The smallest absolute Gasteiger partial charge is 0.160 e. The van der Waals surface area contributed by atoms with Crippen molar-refractivity contribution in [3.8, 4) is 11.1 Å². The Bertz CT molecular complexity index is 514. The Morgan fingerprint density at radius 2 is 1.69 bits per heavy atom. The zero-order valence-corrected chi connectivity index (χ0v) is 10.5. The average Bonchev–Trinajstić information content (AvgIpc) is 2.64. The molecule has 0 bridgehead atoms. The summed E-state index contributed by atoms with van der Waals surface area (Å²) >= 11 is 1.50. The molecule has 1 aromatic carbocycles. The van der Waals surface area contributed by atoms with Gasteiger partial charge in [0.1, 0.15) is 0 Å². The van der Waals surface area contributed by atoms with Crippen LogP contribution in [-0.4, -0.2) is 6.29 Å². The molecule has 0 atom stereocenters. The number of aryl methyl sites for hydroxylation is 3. The third kappa shape index (κ3) is 1.93. The third-order valence-electron chi connectivity index (χ3n) is 2.70. The molecule has 0 spiro atoms. The van der Waals surface area contributed by atoms with Crippen molar-refractivity contribution in [1.29, 1.82) is 0 Å². The molecule has 2 rings (SSSR count). The maximum Gasteiger partial charge on any atom is 0.160 e. The van der Waals surface area contributed by atoms with Gasteiger partial charge in [0.15, 0.2) is 6.29 Å². The van der Waals surface area contributed by atoms with Gasteiger partial charge in [-0.1, -0.05) is 17.7 Å². The van der Waals surface area contributed by atoms with E-state index in [0.29, 0.717) is 0 Å². The van der Waals surface area contributed by atoms with Crippen LogP contribution in [0, 0.1) is 20.8 Å². The fourth-order valence-corrected chi connectivity index (χ4v) is 2.88. The topological polar surface area (TPSA) is 17.1 Å². The zero-order chi connectivity index (χ0) is 11.7. The molecule has 0 unspecified atom stereocenters. The van der Waals surface area contributed by atoms with Crippen molar-refractivity contribution >= 4 is 17.6 Å². The Balaban J connectivity index is 2.59. The zero-order valence-electron chi connectivity index (χ0n) is 9.70. The summed E-state index contributed by atoms with van der Waals surface area (Å²) in [6.45, 7) is 6.34. The van der Waals surface area contributed by atoms with E-state index in [1.807, 2.05) is 6.07 Å². The monoisotopic (exact) mass is 230 g/mol. The summed E-state index contributed by atoms with van der Waals surface area (Å²) in [4.78, 5) is 11.5. The van der Waals surface area contributed by atoms with Gasteiger partial charge in [0.2, 0.25) is 0 Å². The molecule has 0 amide bonds. The van der Waals surface area contributed by atoms with E-state index in [1.165, 1.54) is 33.6 Å². The molecule has 16 heavy (non-hydrogen) atoms. The van der Waals surface area contributed by atoms with E-state index in [9.17, 15) is 4.79 Å². The molecule has 1 aromatic heterocycles. The van der Waals surface area contributed by atoms with Crippen molar-refractivity contribution in [2.45, 2.75) is 20.8 Å². The van der Waals surface area contributed by atoms with E-state index in [0.717, 1.165) is 16.7 Å². The van der Waals surface area contributed by atoms with Crippen molar-refractivity contribution < 1.29 is 4.79 Å². The van der Waals surface area contributed by atoms with Crippen LogP contribution < -0.4 is 0 Å². The summed E-state index contributed by atoms with van der Waals surface area (Å²) in [7, 11) is 0. The molecule has 2 aromatic rings. The van der Waals surface area contributed by atoms with Gasteiger partial charge in [-0.15, -0.1) is 11.3 Å². The Morgan fingerprint density at radius 3 is 2.19 bits per heavy atom. The minimum Gasteiger partial charge on any atom is -0.297 e. The first kappa shape index (κ1) is 11.1. The second kappa shape index (κ2) is 4.22. The number of carbonyl (C=O) groups excluding carboxylic acids is 1. The second-order valence-electron chi connectivity index (χ2n) is 4.13. The predicted molar refractivity (Wildman–Crippen MR) is 69.4 cm³/mol. The van der Waals surface area contributed by atoms with Crippen molar-refractivity contribution in [3.63, 3.8) is 0 Å². The number of hydrogen-bond acceptors (Lipinski definition) is 2. The van der Waals surface area contributed by atoms with E-state index in [-0.39, 0.29) is 0 Å². The van der Waals surface area contributed by atoms with Crippen LogP contribution in [0.1, 0.15) is 26.4 Å². The number of benzene rings is 1. The minimum atomic E-state index is 0.786. The van der Waals surface area contributed by atoms with E-state index >= 15 is 0 Å². The average molecular weight is 230 g/mol. The highest BCUT2D eigenvalue weighted by molar-refractivity contribution is 7.12. The Morgan fingerprint density at radius 1 is 1.06 bits per heavy atom. The highest BCUT2D eigenvalue weighted by Crippen LogP contribution is 2.31. The van der Waals surface area contributed by atoms with Gasteiger partial charge in [0, 0.05) is 0 Å². The van der Waals surface area contributed by atoms with Crippen LogP contribution in [0.3, 0.4) is 0 Å². The standard InChI is InChI=1S/C14H14OS/c1-9-4-10(2)14(11(3)5-9)12-6-13(7-15)16-8-12/h4-8H,1-3H3. The van der Waals surface area contributed by atoms with Gasteiger partial charge in [0.25, 0.3) is 0 Å². The van der Waals surface area contributed by atoms with Gasteiger partial charge in [-0.05, 0) is 54.5 Å². The Kier molecular flexibility index (Phi) is 2.92. The summed E-state index contributed by atoms with van der Waals surface area (Å²) < 4.78 is 0. The highest BCUT2D eigenvalue weighted by atomic mass is 32.1. The second-order valence-corrected chi connectivity index (χ2v) is 5.07. The van der Waals surface area contributed by atoms with Crippen molar-refractivity contribution in [1.82, 2.24) is 0 Å². The molecule has 0 saturated carbocycles. The van der Waals surface area contributed by atoms with Crippen molar-refractivity contribution in [3.05, 3.63) is 45.1 Å². The number of rotatable bonds is 2. The Labute approximate surface area is 99.8 Å². The largest absolute Gasteiger partial charge is 0.297 e. The van der Waals surface area contributed by atoms with Gasteiger partial charge < -0.3 is 0 Å². The summed E-state index contributed by atoms with van der Waals surface area (Å²) in [5.74, 6) is 0. The van der Waals surface area contributed by atoms with E-state index < -0.39 is 0 Å². The fourth-order valence-electron chi connectivity index (χ4n) is 2.18. The van der Waals surface area contributed by atoms with Crippen LogP contribution in [0.15, 0.2) is 23.6 Å². The molecular weight excluding hydrogens is 216 g/mol. The van der Waals surface area contributed by atoms with Gasteiger partial charge in [-0.25, -0.2) is 0 Å². The van der Waals surface area contributed by atoms with E-state index in [4.69, 9.17) is 0 Å². The van der Waals surface area contributed by atoms with Crippen LogP contribution >= 0.6 is 11.3 Å². The first-order valence-corrected chi connectivity index (χ1v) is 6.11. The lowest BCUT2D eigenvalue weighted by atomic mass is 9.95. The normalized spacial score (nSPS) is 10.4. The number of thiophene rings is 1. The summed E-state index contributed by atoms with van der Waals surface area (Å²) in [5, 5.41) is 2.05. The maximum atomic E-state index is 10.7. The van der Waals surface area contributed by atoms with Crippen molar-refractivity contribution in [2.75, 3.05) is 0 Å². The molecule has 82 valence electrons. The minimum absolute atomic E-state index is 0.786. The summed E-state index contributed by atoms with van der Waals surface area (Å²) in [5.41, 5.74) is 6.24. The molecule has 0 N–H and O–H groups in total. The third-order valence-corrected chi connectivity index (χ3v) is 3.56. The molecule has 0 aliphatic carbocycles. The predicted octanol–water partition coefficient (Wildman–Crippen LogP) is 4.15. The van der Waals surface area contributed by atoms with Crippen LogP contribution in [0.4, 0.5) is 0 Å². The first-order valence-electron chi connectivity index (χ1n) is 5.23. The first-order chi connectivity index (χ1) is 7.61. The fraction of sp³-hybridized carbons (Fsp3) is 0.214. The number of hydrogen-bond donors (Lipinski definition) is 0. The quantitative estimate of drug-likeness (QED) is 0.708.